The van der Waals surface area contributed by atoms with Crippen molar-refractivity contribution in [2.24, 2.45) is 0 Å². The van der Waals surface area contributed by atoms with E-state index in [4.69, 9.17) is 0 Å². The van der Waals surface area contributed by atoms with Crippen LogP contribution < -0.4 is 5.32 Å². The minimum Gasteiger partial charge on any atom is -0.310 e. The van der Waals surface area contributed by atoms with Crippen LogP contribution in [0.25, 0.3) is 0 Å². The molecule has 4 heteroatoms. The molecule has 0 aromatic carbocycles. The minimum atomic E-state index is -0.525. The molecular weight excluding hydrogens is 208 g/mol. The molecule has 1 N–H and O–H groups in total. The van der Waals surface area contributed by atoms with E-state index in [0.29, 0.717) is 12.1 Å². The van der Waals surface area contributed by atoms with Crippen LogP contribution in [0.15, 0.2) is 0 Å². The van der Waals surface area contributed by atoms with Crippen LogP contribution in [0.1, 0.15) is 25.7 Å². The normalized spacial score (nSPS) is 39.1. The van der Waals surface area contributed by atoms with Gasteiger partial charge in [-0.15, -0.1) is 0 Å². The van der Waals surface area contributed by atoms with Crippen molar-refractivity contribution < 1.29 is 4.21 Å². The second-order valence-corrected chi connectivity index (χ2v) is 6.59. The Labute approximate surface area is 95.1 Å². The van der Waals surface area contributed by atoms with Gasteiger partial charge in [-0.2, -0.15) is 0 Å². The highest BCUT2D eigenvalue weighted by molar-refractivity contribution is 7.85. The van der Waals surface area contributed by atoms with Crippen molar-refractivity contribution in [2.45, 2.75) is 37.8 Å². The molecule has 0 spiro atoms. The third kappa shape index (κ3) is 3.54. The lowest BCUT2D eigenvalue weighted by atomic mass is 10.0. The molecule has 0 saturated carbocycles. The summed E-state index contributed by atoms with van der Waals surface area (Å²) < 4.78 is 11.2. The maximum atomic E-state index is 11.2. The average Bonchev–Trinajstić information content (AvgIpc) is 2.22. The quantitative estimate of drug-likeness (QED) is 0.753. The molecule has 2 fully saturated rings. The number of nitrogens with one attached hydrogen (secondary N) is 1. The van der Waals surface area contributed by atoms with Crippen molar-refractivity contribution in [1.82, 2.24) is 10.2 Å². The van der Waals surface area contributed by atoms with E-state index >= 15 is 0 Å². The Morgan fingerprint density at radius 1 is 1.20 bits per heavy atom. The molecule has 0 radical (unpaired) electrons. The predicted octanol–water partition coefficient (Wildman–Crippen LogP) is 0.581. The van der Waals surface area contributed by atoms with Gasteiger partial charge in [0.15, 0.2) is 0 Å². The van der Waals surface area contributed by atoms with E-state index in [1.165, 1.54) is 25.9 Å². The summed E-state index contributed by atoms with van der Waals surface area (Å²) >= 11 is 0. The molecule has 0 aliphatic carbocycles. The van der Waals surface area contributed by atoms with Crippen LogP contribution in [-0.4, -0.2) is 52.8 Å². The zero-order valence-corrected chi connectivity index (χ0v) is 10.4. The first kappa shape index (κ1) is 11.6. The molecule has 0 aromatic heterocycles. The zero-order valence-electron chi connectivity index (χ0n) is 9.58. The van der Waals surface area contributed by atoms with Crippen molar-refractivity contribution >= 4 is 10.8 Å². The summed E-state index contributed by atoms with van der Waals surface area (Å²) in [4.78, 5) is 2.40. The molecule has 1 unspecified atom stereocenters. The standard InChI is InChI=1S/C11H22N2OS/c1-13-6-2-3-11(9-13)12-10-4-7-15(14)8-5-10/h10-12H,2-9H2,1H3. The molecule has 2 rings (SSSR count). The minimum absolute atomic E-state index is 0.525. The fourth-order valence-electron chi connectivity index (χ4n) is 2.60. The third-order valence-electron chi connectivity index (χ3n) is 3.48. The summed E-state index contributed by atoms with van der Waals surface area (Å²) in [5.41, 5.74) is 0. The van der Waals surface area contributed by atoms with Gasteiger partial charge in [0.05, 0.1) is 0 Å². The van der Waals surface area contributed by atoms with Crippen molar-refractivity contribution in [3.05, 3.63) is 0 Å². The monoisotopic (exact) mass is 230 g/mol. The molecule has 15 heavy (non-hydrogen) atoms. The Hall–Kier alpha value is 0.0700. The topological polar surface area (TPSA) is 32.3 Å². The van der Waals surface area contributed by atoms with Gasteiger partial charge in [0, 0.05) is 40.9 Å². The fraction of sp³-hybridized carbons (Fsp3) is 1.00. The first-order valence-electron chi connectivity index (χ1n) is 6.03. The van der Waals surface area contributed by atoms with Crippen molar-refractivity contribution in [1.29, 1.82) is 0 Å². The summed E-state index contributed by atoms with van der Waals surface area (Å²) in [6, 6.07) is 1.29. The molecule has 2 saturated heterocycles. The Bertz CT molecular complexity index is 225. The van der Waals surface area contributed by atoms with Gasteiger partial charge in [-0.3, -0.25) is 4.21 Å². The number of rotatable bonds is 2. The molecule has 0 amide bonds. The van der Waals surface area contributed by atoms with Crippen molar-refractivity contribution in [2.75, 3.05) is 31.6 Å². The van der Waals surface area contributed by atoms with Crippen molar-refractivity contribution in [3.8, 4) is 0 Å². The lowest BCUT2D eigenvalue weighted by Crippen LogP contribution is -2.49. The second-order valence-electron chi connectivity index (χ2n) is 4.89. The SMILES string of the molecule is CN1CCCC(NC2CCS(=O)CC2)C1. The molecule has 0 bridgehead atoms. The molecule has 2 aliphatic heterocycles. The predicted molar refractivity (Wildman–Crippen MR) is 64.6 cm³/mol. The number of likely N-dealkylation sites (N-methyl/N-ethyl adjacent to an activating group) is 1. The highest BCUT2D eigenvalue weighted by atomic mass is 32.2. The Morgan fingerprint density at radius 2 is 1.93 bits per heavy atom. The maximum absolute atomic E-state index is 11.2. The molecule has 3 nitrogen and oxygen atoms in total. The summed E-state index contributed by atoms with van der Waals surface area (Å²) in [7, 11) is 1.67. The van der Waals surface area contributed by atoms with Crippen LogP contribution in [0.5, 0.6) is 0 Å². The average molecular weight is 230 g/mol. The van der Waals surface area contributed by atoms with E-state index in [-0.39, 0.29) is 0 Å². The largest absolute Gasteiger partial charge is 0.310 e. The van der Waals surface area contributed by atoms with Gasteiger partial charge in [-0.1, -0.05) is 0 Å². The fourth-order valence-corrected chi connectivity index (χ4v) is 3.90. The van der Waals surface area contributed by atoms with Crippen LogP contribution in [0.4, 0.5) is 0 Å². The van der Waals surface area contributed by atoms with E-state index in [2.05, 4.69) is 17.3 Å². The highest BCUT2D eigenvalue weighted by Crippen LogP contribution is 2.14. The molecule has 2 heterocycles. The van der Waals surface area contributed by atoms with Crippen molar-refractivity contribution in [3.63, 3.8) is 0 Å². The van der Waals surface area contributed by atoms with Crippen LogP contribution in [0.2, 0.25) is 0 Å². The summed E-state index contributed by atoms with van der Waals surface area (Å²) in [6.07, 6.45) is 4.83. The Kier molecular flexibility index (Phi) is 4.17. The van der Waals surface area contributed by atoms with Gasteiger partial charge in [0.25, 0.3) is 0 Å². The summed E-state index contributed by atoms with van der Waals surface area (Å²) in [6.45, 7) is 2.42. The summed E-state index contributed by atoms with van der Waals surface area (Å²) in [5, 5.41) is 3.73. The smallest absolute Gasteiger partial charge is 0.0249 e. The van der Waals surface area contributed by atoms with E-state index in [0.717, 1.165) is 24.3 Å². The van der Waals surface area contributed by atoms with Gasteiger partial charge < -0.3 is 10.2 Å². The summed E-state index contributed by atoms with van der Waals surface area (Å²) in [5.74, 6) is 1.81. The van der Waals surface area contributed by atoms with Gasteiger partial charge >= 0.3 is 0 Å². The van der Waals surface area contributed by atoms with E-state index < -0.39 is 10.8 Å². The number of likely N-dealkylation sites (tertiary alicyclic amines) is 1. The second kappa shape index (κ2) is 5.41. The first-order chi connectivity index (χ1) is 7.24. The van der Waals surface area contributed by atoms with E-state index in [1.54, 1.807) is 0 Å². The van der Waals surface area contributed by atoms with E-state index in [9.17, 15) is 4.21 Å². The number of hydrogen-bond donors (Lipinski definition) is 1. The number of piperidine rings is 1. The zero-order chi connectivity index (χ0) is 10.7. The molecular formula is C11H22N2OS. The van der Waals surface area contributed by atoms with Gasteiger partial charge in [-0.25, -0.2) is 0 Å². The lowest BCUT2D eigenvalue weighted by Gasteiger charge is -2.34. The van der Waals surface area contributed by atoms with Gasteiger partial charge in [0.1, 0.15) is 0 Å². The van der Waals surface area contributed by atoms with Gasteiger partial charge in [0.2, 0.25) is 0 Å². The van der Waals surface area contributed by atoms with Crippen LogP contribution in [-0.2, 0) is 10.8 Å². The highest BCUT2D eigenvalue weighted by Gasteiger charge is 2.23. The van der Waals surface area contributed by atoms with Crippen LogP contribution in [0, 0.1) is 0 Å². The maximum Gasteiger partial charge on any atom is 0.0249 e. The Morgan fingerprint density at radius 3 is 2.60 bits per heavy atom. The van der Waals surface area contributed by atoms with Crippen LogP contribution >= 0.6 is 0 Å². The number of nitrogens with zero attached hydrogens (tertiary/aromatic N) is 1. The molecule has 88 valence electrons. The molecule has 1 atom stereocenters. The third-order valence-corrected chi connectivity index (χ3v) is 4.87. The molecule has 2 aliphatic rings. The Balaban J connectivity index is 1.74. The lowest BCUT2D eigenvalue weighted by molar-refractivity contribution is 0.213. The number of hydrogen-bond acceptors (Lipinski definition) is 3. The van der Waals surface area contributed by atoms with Crippen LogP contribution in [0.3, 0.4) is 0 Å². The van der Waals surface area contributed by atoms with E-state index in [1.807, 2.05) is 0 Å². The van der Waals surface area contributed by atoms with Gasteiger partial charge in [-0.05, 0) is 39.3 Å². The molecule has 0 aromatic rings. The first-order valence-corrected chi connectivity index (χ1v) is 7.52.